The molecule has 2 rings (SSSR count). The van der Waals surface area contributed by atoms with Gasteiger partial charge < -0.3 is 24.3 Å². The Labute approximate surface area is 316 Å². The van der Waals surface area contributed by atoms with E-state index in [4.69, 9.17) is 18.9 Å². The summed E-state index contributed by atoms with van der Waals surface area (Å²) in [6.45, 7) is 22.0. The molecule has 300 valence electrons. The Hall–Kier alpha value is -3.59. The molecule has 1 unspecified atom stereocenters. The van der Waals surface area contributed by atoms with Crippen LogP contribution < -0.4 is 5.32 Å². The number of ether oxygens (including phenoxy) is 4. The molecule has 0 aliphatic carbocycles. The van der Waals surface area contributed by atoms with Crippen molar-refractivity contribution in [3.63, 3.8) is 0 Å². The van der Waals surface area contributed by atoms with E-state index in [0.717, 1.165) is 5.56 Å². The van der Waals surface area contributed by atoms with Gasteiger partial charge in [0.25, 0.3) is 0 Å². The number of carbonyl (C=O) groups is 5. The number of esters is 4. The van der Waals surface area contributed by atoms with Crippen molar-refractivity contribution in [3.05, 3.63) is 35.9 Å². The summed E-state index contributed by atoms with van der Waals surface area (Å²) in [7, 11) is 0. The Morgan fingerprint density at radius 3 is 1.36 bits per heavy atom. The molecule has 14 nitrogen and oxygen atoms in total. The van der Waals surface area contributed by atoms with Gasteiger partial charge >= 0.3 is 23.9 Å². The molecule has 1 aliphatic heterocycles. The molecule has 1 atom stereocenters. The number of rotatable bonds is 13. The number of nitrogens with one attached hydrogen (secondary N) is 1. The summed E-state index contributed by atoms with van der Waals surface area (Å²) in [5.74, 6) is -1.78. The fourth-order valence-corrected chi connectivity index (χ4v) is 5.49. The van der Waals surface area contributed by atoms with E-state index in [9.17, 15) is 24.0 Å². The standard InChI is InChI=1S/C39H65N5O9/c1-30(36(49)40-17-16-32(45)50-29-31-14-12-11-13-15-31)44-24-22-42(27-34(47)52-38(5,6)7)20-18-41(26-33(46)51-37(2,3)4)19-21-43(23-25-44)28-35(48)53-39(8,9)10/h11-15,30H,16-29H2,1-10H3,(H,40,49). The van der Waals surface area contributed by atoms with Crippen LogP contribution in [0.3, 0.4) is 0 Å². The minimum Gasteiger partial charge on any atom is -0.461 e. The highest BCUT2D eigenvalue weighted by Crippen LogP contribution is 2.12. The molecule has 1 fully saturated rings. The third-order valence-electron chi connectivity index (χ3n) is 7.99. The smallest absolute Gasteiger partial charge is 0.320 e. The summed E-state index contributed by atoms with van der Waals surface area (Å²) >= 11 is 0. The predicted molar refractivity (Wildman–Crippen MR) is 202 cm³/mol. The lowest BCUT2D eigenvalue weighted by molar-refractivity contribution is -0.158. The van der Waals surface area contributed by atoms with Gasteiger partial charge in [-0.3, -0.25) is 43.6 Å². The van der Waals surface area contributed by atoms with Gasteiger partial charge in [-0.05, 0) is 74.8 Å². The van der Waals surface area contributed by atoms with Crippen LogP contribution >= 0.6 is 0 Å². The van der Waals surface area contributed by atoms with E-state index in [2.05, 4.69) is 5.32 Å². The van der Waals surface area contributed by atoms with Crippen LogP contribution in [-0.4, -0.2) is 151 Å². The molecule has 1 aliphatic rings. The molecule has 0 radical (unpaired) electrons. The molecule has 1 aromatic carbocycles. The molecule has 14 heteroatoms. The molecule has 53 heavy (non-hydrogen) atoms. The topological polar surface area (TPSA) is 147 Å². The van der Waals surface area contributed by atoms with Gasteiger partial charge in [0.1, 0.15) is 23.4 Å². The molecular formula is C39H65N5O9. The van der Waals surface area contributed by atoms with Crippen molar-refractivity contribution in [3.8, 4) is 0 Å². The SMILES string of the molecule is CC(C(=O)NCCC(=O)OCc1ccccc1)N1CCN(CC(=O)OC(C)(C)C)CCN(CC(=O)OC(C)(C)C)CCN(CC(=O)OC(C)(C)C)CC1. The molecule has 0 saturated carbocycles. The van der Waals surface area contributed by atoms with Crippen molar-refractivity contribution in [2.45, 2.75) is 105 Å². The van der Waals surface area contributed by atoms with Crippen molar-refractivity contribution < 1.29 is 42.9 Å². The quantitative estimate of drug-likeness (QED) is 0.233. The lowest BCUT2D eigenvalue weighted by Gasteiger charge is -2.36. The maximum atomic E-state index is 13.4. The van der Waals surface area contributed by atoms with Crippen LogP contribution in [-0.2, 0) is 49.5 Å². The van der Waals surface area contributed by atoms with Gasteiger partial charge in [-0.15, -0.1) is 0 Å². The van der Waals surface area contributed by atoms with Crippen molar-refractivity contribution >= 4 is 29.8 Å². The van der Waals surface area contributed by atoms with E-state index in [0.29, 0.717) is 52.4 Å². The van der Waals surface area contributed by atoms with Gasteiger partial charge in [0.05, 0.1) is 32.1 Å². The molecule has 0 spiro atoms. The Morgan fingerprint density at radius 1 is 0.604 bits per heavy atom. The second kappa shape index (κ2) is 21.3. The third kappa shape index (κ3) is 21.0. The normalized spacial score (nSPS) is 17.1. The predicted octanol–water partition coefficient (Wildman–Crippen LogP) is 2.87. The van der Waals surface area contributed by atoms with Crippen molar-refractivity contribution in [1.82, 2.24) is 24.9 Å². The maximum absolute atomic E-state index is 13.4. The molecule has 1 amide bonds. The average Bonchev–Trinajstić information content (AvgIpc) is 3.01. The first-order chi connectivity index (χ1) is 24.6. The summed E-state index contributed by atoms with van der Waals surface area (Å²) < 4.78 is 22.2. The lowest BCUT2D eigenvalue weighted by atomic mass is 10.2. The minimum absolute atomic E-state index is 0.0262. The van der Waals surface area contributed by atoms with Crippen molar-refractivity contribution in [2.75, 3.05) is 78.5 Å². The summed E-state index contributed by atoms with van der Waals surface area (Å²) in [5.41, 5.74) is -1.08. The number of amides is 1. The minimum atomic E-state index is -0.656. The zero-order valence-corrected chi connectivity index (χ0v) is 33.8. The summed E-state index contributed by atoms with van der Waals surface area (Å²) in [6.07, 6.45) is 0.0262. The highest BCUT2D eigenvalue weighted by Gasteiger charge is 2.28. The van der Waals surface area contributed by atoms with Crippen LogP contribution in [0, 0.1) is 0 Å². The summed E-state index contributed by atoms with van der Waals surface area (Å²) in [6, 6.07) is 8.79. The zero-order chi connectivity index (χ0) is 39.8. The molecular weight excluding hydrogens is 682 g/mol. The van der Waals surface area contributed by atoms with Crippen LogP contribution in [0.5, 0.6) is 0 Å². The van der Waals surface area contributed by atoms with Crippen molar-refractivity contribution in [1.29, 1.82) is 0 Å². The first-order valence-corrected chi connectivity index (χ1v) is 18.6. The van der Waals surface area contributed by atoms with E-state index in [1.54, 1.807) is 6.92 Å². The van der Waals surface area contributed by atoms with E-state index >= 15 is 0 Å². The fraction of sp³-hybridized carbons (Fsp3) is 0.718. The summed E-state index contributed by atoms with van der Waals surface area (Å²) in [5, 5.41) is 2.87. The summed E-state index contributed by atoms with van der Waals surface area (Å²) in [4.78, 5) is 72.5. The van der Waals surface area contributed by atoms with E-state index in [1.807, 2.05) is 112 Å². The zero-order valence-electron chi connectivity index (χ0n) is 33.8. The highest BCUT2D eigenvalue weighted by molar-refractivity contribution is 5.82. The molecule has 0 aromatic heterocycles. The Balaban J connectivity index is 2.22. The van der Waals surface area contributed by atoms with Crippen LogP contribution in [0.2, 0.25) is 0 Å². The second-order valence-corrected chi connectivity index (χ2v) is 16.5. The first-order valence-electron chi connectivity index (χ1n) is 18.6. The monoisotopic (exact) mass is 747 g/mol. The number of benzene rings is 1. The van der Waals surface area contributed by atoms with E-state index < -0.39 is 28.8 Å². The van der Waals surface area contributed by atoms with Gasteiger partial charge in [-0.1, -0.05) is 30.3 Å². The number of nitrogens with zero attached hydrogens (tertiary/aromatic N) is 4. The largest absolute Gasteiger partial charge is 0.461 e. The third-order valence-corrected chi connectivity index (χ3v) is 7.99. The van der Waals surface area contributed by atoms with Gasteiger partial charge in [0.2, 0.25) is 5.91 Å². The van der Waals surface area contributed by atoms with Gasteiger partial charge in [0, 0.05) is 58.9 Å². The maximum Gasteiger partial charge on any atom is 0.320 e. The van der Waals surface area contributed by atoms with Gasteiger partial charge in [-0.25, -0.2) is 0 Å². The average molecular weight is 748 g/mol. The molecule has 1 aromatic rings. The fourth-order valence-electron chi connectivity index (χ4n) is 5.49. The van der Waals surface area contributed by atoms with Gasteiger partial charge in [-0.2, -0.15) is 0 Å². The number of hydrogen-bond donors (Lipinski definition) is 1. The number of hydrogen-bond acceptors (Lipinski definition) is 13. The Bertz CT molecular complexity index is 1280. The van der Waals surface area contributed by atoms with E-state index in [1.165, 1.54) is 0 Å². The molecule has 1 saturated heterocycles. The Morgan fingerprint density at radius 2 is 0.981 bits per heavy atom. The first kappa shape index (κ1) is 45.6. The molecule has 1 N–H and O–H groups in total. The second-order valence-electron chi connectivity index (χ2n) is 16.5. The highest BCUT2D eigenvalue weighted by atomic mass is 16.6. The van der Waals surface area contributed by atoms with Crippen LogP contribution in [0.4, 0.5) is 0 Å². The number of carbonyl (C=O) groups excluding carboxylic acids is 5. The lowest BCUT2D eigenvalue weighted by Crippen LogP contribution is -2.53. The Kier molecular flexibility index (Phi) is 18.3. The van der Waals surface area contributed by atoms with Crippen molar-refractivity contribution in [2.24, 2.45) is 0 Å². The van der Waals surface area contributed by atoms with Gasteiger partial charge in [0.15, 0.2) is 0 Å². The van der Waals surface area contributed by atoms with Crippen LogP contribution in [0.25, 0.3) is 0 Å². The van der Waals surface area contributed by atoms with Crippen LogP contribution in [0.1, 0.15) is 81.2 Å². The molecule has 0 bridgehead atoms. The molecule has 1 heterocycles. The van der Waals surface area contributed by atoms with E-state index in [-0.39, 0.29) is 63.0 Å². The van der Waals surface area contributed by atoms with Crippen LogP contribution in [0.15, 0.2) is 30.3 Å².